The molecule has 0 aliphatic heterocycles. The van der Waals surface area contributed by atoms with E-state index < -0.39 is 5.91 Å². The molecule has 3 rings (SSSR count). The van der Waals surface area contributed by atoms with Gasteiger partial charge in [0.25, 0.3) is 5.91 Å². The topological polar surface area (TPSA) is 71.2 Å². The first-order valence-electron chi connectivity index (χ1n) is 7.30. The van der Waals surface area contributed by atoms with E-state index in [0.29, 0.717) is 16.7 Å². The van der Waals surface area contributed by atoms with Crippen LogP contribution >= 0.6 is 0 Å². The Hall–Kier alpha value is -3.15. The van der Waals surface area contributed by atoms with Crippen molar-refractivity contribution < 1.29 is 13.9 Å². The van der Waals surface area contributed by atoms with E-state index >= 15 is 0 Å². The maximum atomic E-state index is 12.9. The maximum Gasteiger partial charge on any atom is 0.257 e. The second kappa shape index (κ2) is 6.54. The van der Waals surface area contributed by atoms with Gasteiger partial charge >= 0.3 is 0 Å². The van der Waals surface area contributed by atoms with E-state index in [0.717, 1.165) is 5.56 Å². The normalized spacial score (nSPS) is 10.6. The minimum atomic E-state index is -0.495. The van der Waals surface area contributed by atoms with Crippen molar-refractivity contribution >= 4 is 16.8 Å². The lowest BCUT2D eigenvalue weighted by Crippen LogP contribution is -2.28. The van der Waals surface area contributed by atoms with Gasteiger partial charge in [-0.15, -0.1) is 0 Å². The molecule has 0 saturated carbocycles. The molecule has 1 amide bonds. The summed E-state index contributed by atoms with van der Waals surface area (Å²) in [5.74, 6) is -0.299. The fraction of sp³-hybridized carbons (Fsp3) is 0.111. The van der Waals surface area contributed by atoms with E-state index in [-0.39, 0.29) is 23.4 Å². The van der Waals surface area contributed by atoms with Gasteiger partial charge in [-0.1, -0.05) is 12.1 Å². The predicted octanol–water partition coefficient (Wildman–Crippen LogP) is 2.61. The molecule has 122 valence electrons. The summed E-state index contributed by atoms with van der Waals surface area (Å²) in [5.41, 5.74) is 0.997. The van der Waals surface area contributed by atoms with Crippen LogP contribution in [0.5, 0.6) is 5.75 Å². The average Bonchev–Trinajstić information content (AvgIpc) is 2.61. The number of ether oxygens (including phenoxy) is 1. The first kappa shape index (κ1) is 15.7. The van der Waals surface area contributed by atoms with E-state index in [4.69, 9.17) is 4.74 Å². The lowest BCUT2D eigenvalue weighted by Gasteiger charge is -2.07. The van der Waals surface area contributed by atoms with Crippen molar-refractivity contribution in [2.24, 2.45) is 0 Å². The average molecular weight is 326 g/mol. The number of carbonyl (C=O) groups is 1. The van der Waals surface area contributed by atoms with Gasteiger partial charge in [-0.25, -0.2) is 4.39 Å². The zero-order chi connectivity index (χ0) is 17.1. The third-order valence-electron chi connectivity index (χ3n) is 3.70. The maximum absolute atomic E-state index is 12.9. The van der Waals surface area contributed by atoms with Crippen molar-refractivity contribution in [1.29, 1.82) is 0 Å². The van der Waals surface area contributed by atoms with Gasteiger partial charge < -0.3 is 15.0 Å². The van der Waals surface area contributed by atoms with Crippen LogP contribution in [-0.2, 0) is 6.54 Å². The van der Waals surface area contributed by atoms with Gasteiger partial charge in [-0.05, 0) is 35.9 Å². The number of rotatable bonds is 4. The van der Waals surface area contributed by atoms with E-state index in [1.54, 1.807) is 30.3 Å². The third-order valence-corrected chi connectivity index (χ3v) is 3.70. The molecular formula is C18H15FN2O3. The number of amides is 1. The van der Waals surface area contributed by atoms with Crippen LogP contribution in [0.1, 0.15) is 15.9 Å². The van der Waals surface area contributed by atoms with Crippen molar-refractivity contribution in [2.45, 2.75) is 6.54 Å². The number of aromatic amines is 1. The summed E-state index contributed by atoms with van der Waals surface area (Å²) in [6, 6.07) is 10.8. The molecule has 2 N–H and O–H groups in total. The molecule has 1 heterocycles. The minimum absolute atomic E-state index is 0.0119. The molecule has 6 heteroatoms. The Balaban J connectivity index is 1.85. The molecule has 0 radical (unpaired) electrons. The number of benzene rings is 2. The van der Waals surface area contributed by atoms with Crippen molar-refractivity contribution in [3.8, 4) is 5.75 Å². The second-order valence-electron chi connectivity index (χ2n) is 5.25. The minimum Gasteiger partial charge on any atom is -0.497 e. The standard InChI is InChI=1S/C18H15FN2O3/c1-24-13-6-7-16-14(8-13)17(22)15(10-20-16)18(23)21-9-11-2-4-12(19)5-3-11/h2-8,10H,9H2,1H3,(H,20,22)(H,21,23). The lowest BCUT2D eigenvalue weighted by molar-refractivity contribution is 0.0949. The Morgan fingerprint density at radius 2 is 1.96 bits per heavy atom. The molecule has 0 unspecified atom stereocenters. The summed E-state index contributed by atoms with van der Waals surface area (Å²) >= 11 is 0. The van der Waals surface area contributed by atoms with Crippen LogP contribution in [0.2, 0.25) is 0 Å². The molecule has 0 bridgehead atoms. The molecular weight excluding hydrogens is 311 g/mol. The zero-order valence-corrected chi connectivity index (χ0v) is 12.9. The Morgan fingerprint density at radius 1 is 1.21 bits per heavy atom. The van der Waals surface area contributed by atoms with Gasteiger partial charge in [-0.3, -0.25) is 9.59 Å². The highest BCUT2D eigenvalue weighted by atomic mass is 19.1. The Morgan fingerprint density at radius 3 is 2.67 bits per heavy atom. The second-order valence-corrected chi connectivity index (χ2v) is 5.25. The fourth-order valence-corrected chi connectivity index (χ4v) is 2.37. The van der Waals surface area contributed by atoms with Crippen molar-refractivity contribution in [3.05, 3.63) is 75.8 Å². The number of hydrogen-bond acceptors (Lipinski definition) is 3. The molecule has 0 aliphatic rings. The lowest BCUT2D eigenvalue weighted by atomic mass is 10.1. The summed E-state index contributed by atoms with van der Waals surface area (Å²) in [6.07, 6.45) is 1.39. The van der Waals surface area contributed by atoms with Gasteiger partial charge in [-0.2, -0.15) is 0 Å². The molecule has 24 heavy (non-hydrogen) atoms. The summed E-state index contributed by atoms with van der Waals surface area (Å²) < 4.78 is 18.0. The van der Waals surface area contributed by atoms with E-state index in [1.165, 1.54) is 25.4 Å². The van der Waals surface area contributed by atoms with Crippen molar-refractivity contribution in [3.63, 3.8) is 0 Å². The van der Waals surface area contributed by atoms with Gasteiger partial charge in [0.15, 0.2) is 0 Å². The Kier molecular flexibility index (Phi) is 4.29. The van der Waals surface area contributed by atoms with E-state index in [1.807, 2.05) is 0 Å². The predicted molar refractivity (Wildman–Crippen MR) is 88.7 cm³/mol. The van der Waals surface area contributed by atoms with Crippen LogP contribution in [0.25, 0.3) is 10.9 Å². The molecule has 5 nitrogen and oxygen atoms in total. The molecule has 1 aromatic heterocycles. The Bertz CT molecular complexity index is 949. The highest BCUT2D eigenvalue weighted by molar-refractivity contribution is 5.97. The monoisotopic (exact) mass is 326 g/mol. The molecule has 0 fully saturated rings. The summed E-state index contributed by atoms with van der Waals surface area (Å²) in [5, 5.41) is 3.03. The quantitative estimate of drug-likeness (QED) is 0.774. The highest BCUT2D eigenvalue weighted by Gasteiger charge is 2.13. The Labute approximate surface area is 137 Å². The highest BCUT2D eigenvalue weighted by Crippen LogP contribution is 2.16. The first-order valence-corrected chi connectivity index (χ1v) is 7.30. The van der Waals surface area contributed by atoms with Gasteiger partial charge in [0.2, 0.25) is 5.43 Å². The van der Waals surface area contributed by atoms with Crippen molar-refractivity contribution in [2.75, 3.05) is 7.11 Å². The van der Waals surface area contributed by atoms with Gasteiger partial charge in [0, 0.05) is 23.6 Å². The van der Waals surface area contributed by atoms with Crippen LogP contribution in [0.4, 0.5) is 4.39 Å². The molecule has 0 aliphatic carbocycles. The summed E-state index contributed by atoms with van der Waals surface area (Å²) in [6.45, 7) is 0.203. The van der Waals surface area contributed by atoms with Crippen LogP contribution in [0.3, 0.4) is 0 Å². The number of fused-ring (bicyclic) bond motifs is 1. The van der Waals surface area contributed by atoms with Crippen molar-refractivity contribution in [1.82, 2.24) is 10.3 Å². The number of nitrogens with one attached hydrogen (secondary N) is 2. The molecule has 0 atom stereocenters. The largest absolute Gasteiger partial charge is 0.497 e. The fourth-order valence-electron chi connectivity index (χ4n) is 2.37. The van der Waals surface area contributed by atoms with Crippen LogP contribution in [-0.4, -0.2) is 18.0 Å². The van der Waals surface area contributed by atoms with E-state index in [9.17, 15) is 14.0 Å². The molecule has 0 spiro atoms. The number of aromatic nitrogens is 1. The molecule has 3 aromatic rings. The number of halogens is 1. The molecule has 0 saturated heterocycles. The number of pyridine rings is 1. The number of hydrogen-bond donors (Lipinski definition) is 2. The van der Waals surface area contributed by atoms with Gasteiger partial charge in [0.05, 0.1) is 7.11 Å². The SMILES string of the molecule is COc1ccc2[nH]cc(C(=O)NCc3ccc(F)cc3)c(=O)c2c1. The third kappa shape index (κ3) is 3.12. The summed E-state index contributed by atoms with van der Waals surface area (Å²) in [7, 11) is 1.51. The molecule has 2 aromatic carbocycles. The zero-order valence-electron chi connectivity index (χ0n) is 12.9. The van der Waals surface area contributed by atoms with Gasteiger partial charge in [0.1, 0.15) is 17.1 Å². The van der Waals surface area contributed by atoms with E-state index in [2.05, 4.69) is 10.3 Å². The first-order chi connectivity index (χ1) is 11.6. The smallest absolute Gasteiger partial charge is 0.257 e. The van der Waals surface area contributed by atoms with Crippen LogP contribution < -0.4 is 15.5 Å². The van der Waals surface area contributed by atoms with Crippen LogP contribution in [0, 0.1) is 5.82 Å². The van der Waals surface area contributed by atoms with Crippen LogP contribution in [0.15, 0.2) is 53.5 Å². The summed E-state index contributed by atoms with van der Waals surface area (Å²) in [4.78, 5) is 27.7. The number of carbonyl (C=O) groups excluding carboxylic acids is 1. The number of methoxy groups -OCH3 is 1. The number of H-pyrrole nitrogens is 1.